The molecule has 29 heavy (non-hydrogen) atoms. The van der Waals surface area contributed by atoms with Gasteiger partial charge in [-0.25, -0.2) is 8.42 Å². The minimum Gasteiger partial charge on any atom is -0.494 e. The second-order valence-electron chi connectivity index (χ2n) is 6.94. The maximum atomic E-state index is 13.3. The van der Waals surface area contributed by atoms with Crippen LogP contribution in [0.25, 0.3) is 0 Å². The number of rotatable bonds is 8. The molecule has 0 heterocycles. The molecule has 0 bridgehead atoms. The lowest BCUT2D eigenvalue weighted by Gasteiger charge is -2.25. The van der Waals surface area contributed by atoms with Crippen LogP contribution in [0.5, 0.6) is 5.75 Å². The molecule has 3 rings (SSSR count). The predicted octanol–water partition coefficient (Wildman–Crippen LogP) is 3.99. The van der Waals surface area contributed by atoms with E-state index in [1.165, 1.54) is 24.3 Å². The first-order valence-electron chi connectivity index (χ1n) is 9.70. The van der Waals surface area contributed by atoms with Crippen LogP contribution in [0.15, 0.2) is 53.4 Å². The summed E-state index contributed by atoms with van der Waals surface area (Å²) in [5.74, 6) is 0.318. The van der Waals surface area contributed by atoms with Crippen molar-refractivity contribution >= 4 is 33.2 Å². The number of carbonyl (C=O) groups excluding carboxylic acids is 1. The minimum absolute atomic E-state index is 0.0736. The number of anilines is 1. The molecule has 0 aliphatic heterocycles. The quantitative estimate of drug-likeness (QED) is 0.678. The molecule has 0 spiro atoms. The summed E-state index contributed by atoms with van der Waals surface area (Å²) in [6, 6.07) is 12.7. The van der Waals surface area contributed by atoms with E-state index in [0.717, 1.165) is 30.0 Å². The zero-order chi connectivity index (χ0) is 20.9. The zero-order valence-electron chi connectivity index (χ0n) is 16.3. The predicted molar refractivity (Wildman–Crippen MR) is 114 cm³/mol. The Hall–Kier alpha value is -2.25. The molecule has 8 heteroatoms. The number of halogens is 1. The molecule has 2 aromatic carbocycles. The number of nitrogens with zero attached hydrogens (tertiary/aromatic N) is 1. The Morgan fingerprint density at radius 2 is 1.72 bits per heavy atom. The monoisotopic (exact) mass is 436 g/mol. The molecule has 0 unspecified atom stereocenters. The van der Waals surface area contributed by atoms with Crippen LogP contribution < -0.4 is 14.4 Å². The third kappa shape index (κ3) is 5.42. The van der Waals surface area contributed by atoms with Gasteiger partial charge in [0.05, 0.1) is 17.2 Å². The number of ether oxygens (including phenoxy) is 1. The highest BCUT2D eigenvalue weighted by atomic mass is 35.5. The van der Waals surface area contributed by atoms with Gasteiger partial charge in [0.2, 0.25) is 5.91 Å². The normalized spacial score (nSPS) is 14.6. The number of hydrogen-bond acceptors (Lipinski definition) is 4. The first-order chi connectivity index (χ1) is 13.9. The standard InChI is InChI=1S/C21H25ClN2O4S/c1-2-28-19-11-9-18(10-12-19)24(15-21(25)23-17-5-3-4-6-17)29(26,27)20-13-7-16(22)8-14-20/h7-14,17H,2-6,15H2,1H3,(H,23,25). The van der Waals surface area contributed by atoms with Crippen LogP contribution in [0.2, 0.25) is 5.02 Å². The van der Waals surface area contributed by atoms with Crippen LogP contribution in [0.3, 0.4) is 0 Å². The highest BCUT2D eigenvalue weighted by Crippen LogP contribution is 2.27. The topological polar surface area (TPSA) is 75.7 Å². The van der Waals surface area contributed by atoms with Crippen molar-refractivity contribution in [2.45, 2.75) is 43.5 Å². The first-order valence-corrected chi connectivity index (χ1v) is 11.5. The molecule has 1 aliphatic rings. The minimum atomic E-state index is -3.95. The molecular formula is C21H25ClN2O4S. The van der Waals surface area contributed by atoms with Gasteiger partial charge in [-0.2, -0.15) is 0 Å². The first kappa shape index (κ1) is 21.5. The van der Waals surface area contributed by atoms with Gasteiger partial charge in [0.1, 0.15) is 12.3 Å². The fraction of sp³-hybridized carbons (Fsp3) is 0.381. The lowest BCUT2D eigenvalue weighted by atomic mass is 10.2. The van der Waals surface area contributed by atoms with Gasteiger partial charge in [0, 0.05) is 11.1 Å². The van der Waals surface area contributed by atoms with Crippen molar-refractivity contribution in [1.29, 1.82) is 0 Å². The fourth-order valence-electron chi connectivity index (χ4n) is 3.40. The van der Waals surface area contributed by atoms with Crippen LogP contribution in [0.1, 0.15) is 32.6 Å². The Kier molecular flexibility index (Phi) is 7.03. The van der Waals surface area contributed by atoms with E-state index in [9.17, 15) is 13.2 Å². The van der Waals surface area contributed by atoms with Crippen molar-refractivity contribution in [2.24, 2.45) is 0 Å². The van der Waals surface area contributed by atoms with Gasteiger partial charge < -0.3 is 10.1 Å². The zero-order valence-corrected chi connectivity index (χ0v) is 17.9. The highest BCUT2D eigenvalue weighted by molar-refractivity contribution is 7.92. The summed E-state index contributed by atoms with van der Waals surface area (Å²) in [5, 5.41) is 3.39. The summed E-state index contributed by atoms with van der Waals surface area (Å²) >= 11 is 5.90. The summed E-state index contributed by atoms with van der Waals surface area (Å²) in [5.41, 5.74) is 0.393. The van der Waals surface area contributed by atoms with Crippen molar-refractivity contribution in [3.8, 4) is 5.75 Å². The lowest BCUT2D eigenvalue weighted by Crippen LogP contribution is -2.43. The average Bonchev–Trinajstić information content (AvgIpc) is 3.20. The number of sulfonamides is 1. The van der Waals surface area contributed by atoms with Gasteiger partial charge in [-0.1, -0.05) is 24.4 Å². The van der Waals surface area contributed by atoms with E-state index in [-0.39, 0.29) is 23.4 Å². The number of amides is 1. The molecule has 0 atom stereocenters. The second kappa shape index (κ2) is 9.50. The number of hydrogen-bond donors (Lipinski definition) is 1. The molecule has 0 saturated heterocycles. The number of carbonyl (C=O) groups is 1. The van der Waals surface area contributed by atoms with Crippen LogP contribution in [0.4, 0.5) is 5.69 Å². The lowest BCUT2D eigenvalue weighted by molar-refractivity contribution is -0.120. The summed E-state index contributed by atoms with van der Waals surface area (Å²) in [7, 11) is -3.95. The molecule has 2 aromatic rings. The summed E-state index contributed by atoms with van der Waals surface area (Å²) in [6.07, 6.45) is 4.02. The fourth-order valence-corrected chi connectivity index (χ4v) is 4.94. The molecule has 1 amide bonds. The van der Waals surface area contributed by atoms with E-state index in [0.29, 0.717) is 23.1 Å². The molecule has 0 aromatic heterocycles. The van der Waals surface area contributed by atoms with E-state index < -0.39 is 10.0 Å². The summed E-state index contributed by atoms with van der Waals surface area (Å²) < 4.78 is 33.2. The average molecular weight is 437 g/mol. The third-order valence-corrected chi connectivity index (χ3v) is 6.88. The Labute approximate surface area is 176 Å². The van der Waals surface area contributed by atoms with E-state index in [4.69, 9.17) is 16.3 Å². The molecule has 0 radical (unpaired) electrons. The van der Waals surface area contributed by atoms with Gasteiger partial charge in [0.15, 0.2) is 0 Å². The Morgan fingerprint density at radius 3 is 2.31 bits per heavy atom. The largest absolute Gasteiger partial charge is 0.494 e. The summed E-state index contributed by atoms with van der Waals surface area (Å²) in [4.78, 5) is 12.7. The van der Waals surface area contributed by atoms with Crippen LogP contribution >= 0.6 is 11.6 Å². The van der Waals surface area contributed by atoms with Gasteiger partial charge in [0.25, 0.3) is 10.0 Å². The maximum Gasteiger partial charge on any atom is 0.264 e. The van der Waals surface area contributed by atoms with Crippen LogP contribution in [-0.2, 0) is 14.8 Å². The molecule has 1 aliphatic carbocycles. The van der Waals surface area contributed by atoms with E-state index in [2.05, 4.69) is 5.32 Å². The second-order valence-corrected chi connectivity index (χ2v) is 9.24. The Morgan fingerprint density at radius 1 is 1.10 bits per heavy atom. The summed E-state index contributed by atoms with van der Waals surface area (Å²) in [6.45, 7) is 2.09. The van der Waals surface area contributed by atoms with E-state index >= 15 is 0 Å². The van der Waals surface area contributed by atoms with Gasteiger partial charge in [-0.05, 0) is 68.3 Å². The molecule has 156 valence electrons. The van der Waals surface area contributed by atoms with Crippen molar-refractivity contribution < 1.29 is 17.9 Å². The van der Waals surface area contributed by atoms with Crippen molar-refractivity contribution in [3.05, 3.63) is 53.6 Å². The Bertz CT molecular complexity index is 924. The van der Waals surface area contributed by atoms with Crippen molar-refractivity contribution in [1.82, 2.24) is 5.32 Å². The van der Waals surface area contributed by atoms with Gasteiger partial charge >= 0.3 is 0 Å². The van der Waals surface area contributed by atoms with Crippen molar-refractivity contribution in [2.75, 3.05) is 17.5 Å². The van der Waals surface area contributed by atoms with Crippen molar-refractivity contribution in [3.63, 3.8) is 0 Å². The molecular weight excluding hydrogens is 412 g/mol. The highest BCUT2D eigenvalue weighted by Gasteiger charge is 2.28. The maximum absolute atomic E-state index is 13.3. The Balaban J connectivity index is 1.89. The molecule has 1 fully saturated rings. The van der Waals surface area contributed by atoms with Gasteiger partial charge in [-0.15, -0.1) is 0 Å². The van der Waals surface area contributed by atoms with Crippen LogP contribution in [0, 0.1) is 0 Å². The van der Waals surface area contributed by atoms with E-state index in [1.54, 1.807) is 24.3 Å². The molecule has 6 nitrogen and oxygen atoms in total. The SMILES string of the molecule is CCOc1ccc(N(CC(=O)NC2CCCC2)S(=O)(=O)c2ccc(Cl)cc2)cc1. The third-order valence-electron chi connectivity index (χ3n) is 4.84. The van der Waals surface area contributed by atoms with E-state index in [1.807, 2.05) is 6.92 Å². The van der Waals surface area contributed by atoms with Crippen LogP contribution in [-0.4, -0.2) is 33.5 Å². The number of benzene rings is 2. The molecule has 1 saturated carbocycles. The smallest absolute Gasteiger partial charge is 0.264 e. The number of nitrogens with one attached hydrogen (secondary N) is 1. The van der Waals surface area contributed by atoms with Gasteiger partial charge in [-0.3, -0.25) is 9.10 Å². The molecule has 1 N–H and O–H groups in total.